The van der Waals surface area contributed by atoms with Gasteiger partial charge in [-0.05, 0) is 11.1 Å². The predicted octanol–water partition coefficient (Wildman–Crippen LogP) is 1.86. The predicted molar refractivity (Wildman–Crippen MR) is 59.3 cm³/mol. The first-order chi connectivity index (χ1) is 7.26. The maximum absolute atomic E-state index is 11.0. The molecule has 1 aromatic carbocycles. The number of benzene rings is 1. The van der Waals surface area contributed by atoms with Crippen LogP contribution in [0.3, 0.4) is 0 Å². The van der Waals surface area contributed by atoms with Crippen LogP contribution in [0.5, 0.6) is 0 Å². The van der Waals surface area contributed by atoms with Gasteiger partial charge in [0.25, 0.3) is 0 Å². The summed E-state index contributed by atoms with van der Waals surface area (Å²) in [7, 11) is 1.68. The number of carbonyl (C=O) groups is 1. The van der Waals surface area contributed by atoms with E-state index in [1.165, 1.54) is 0 Å². The molecule has 0 aliphatic rings. The molecule has 0 fully saturated rings. The molecule has 1 rings (SSSR count). The van der Waals surface area contributed by atoms with Crippen LogP contribution in [0.1, 0.15) is 24.5 Å². The molecule has 0 bridgehead atoms. The molecule has 1 amide bonds. The minimum Gasteiger partial charge on any atom is -0.380 e. The minimum atomic E-state index is 0.0796. The van der Waals surface area contributed by atoms with Gasteiger partial charge in [0.15, 0.2) is 0 Å². The highest BCUT2D eigenvalue weighted by Gasteiger charge is 1.97. The number of rotatable bonds is 5. The summed E-state index contributed by atoms with van der Waals surface area (Å²) in [5, 5.41) is 2.83. The topological polar surface area (TPSA) is 38.3 Å². The van der Waals surface area contributed by atoms with Gasteiger partial charge in [-0.15, -0.1) is 0 Å². The molecule has 0 heterocycles. The normalized spacial score (nSPS) is 10.0. The Morgan fingerprint density at radius 1 is 1.27 bits per heavy atom. The minimum absolute atomic E-state index is 0.0796. The molecule has 0 aromatic heterocycles. The highest BCUT2D eigenvalue weighted by molar-refractivity contribution is 5.75. The van der Waals surface area contributed by atoms with E-state index in [4.69, 9.17) is 4.74 Å². The van der Waals surface area contributed by atoms with E-state index in [0.29, 0.717) is 19.6 Å². The first kappa shape index (κ1) is 11.7. The summed E-state index contributed by atoms with van der Waals surface area (Å²) < 4.78 is 5.01. The van der Waals surface area contributed by atoms with Crippen molar-refractivity contribution < 1.29 is 9.53 Å². The van der Waals surface area contributed by atoms with Gasteiger partial charge >= 0.3 is 0 Å². The molecule has 3 nitrogen and oxygen atoms in total. The number of nitrogens with one attached hydrogen (secondary N) is 1. The SMILES string of the molecule is CCC(=O)NCc1ccc(COC)cc1. The Labute approximate surface area is 90.4 Å². The molecule has 0 saturated carbocycles. The highest BCUT2D eigenvalue weighted by Crippen LogP contribution is 2.05. The van der Waals surface area contributed by atoms with Crippen LogP contribution in [0.4, 0.5) is 0 Å². The van der Waals surface area contributed by atoms with E-state index < -0.39 is 0 Å². The maximum Gasteiger partial charge on any atom is 0.219 e. The number of hydrogen-bond acceptors (Lipinski definition) is 2. The average molecular weight is 207 g/mol. The third kappa shape index (κ3) is 4.13. The number of carbonyl (C=O) groups excluding carboxylic acids is 1. The third-order valence-corrected chi connectivity index (χ3v) is 2.14. The second-order valence-corrected chi connectivity index (χ2v) is 3.38. The molecular formula is C12H17NO2. The second-order valence-electron chi connectivity index (χ2n) is 3.38. The summed E-state index contributed by atoms with van der Waals surface area (Å²) in [5.41, 5.74) is 2.25. The van der Waals surface area contributed by atoms with Crippen molar-refractivity contribution in [1.82, 2.24) is 5.32 Å². The molecule has 15 heavy (non-hydrogen) atoms. The summed E-state index contributed by atoms with van der Waals surface area (Å²) in [5.74, 6) is 0.0796. The van der Waals surface area contributed by atoms with E-state index in [1.807, 2.05) is 31.2 Å². The van der Waals surface area contributed by atoms with Crippen LogP contribution in [-0.2, 0) is 22.7 Å². The lowest BCUT2D eigenvalue weighted by Crippen LogP contribution is -2.21. The third-order valence-electron chi connectivity index (χ3n) is 2.14. The Kier molecular flexibility index (Phi) is 4.84. The van der Waals surface area contributed by atoms with Crippen molar-refractivity contribution in [3.8, 4) is 0 Å². The average Bonchev–Trinajstić information content (AvgIpc) is 2.28. The molecular weight excluding hydrogens is 190 g/mol. The first-order valence-corrected chi connectivity index (χ1v) is 5.09. The van der Waals surface area contributed by atoms with Crippen molar-refractivity contribution in [3.05, 3.63) is 35.4 Å². The molecule has 0 atom stereocenters. The lowest BCUT2D eigenvalue weighted by Gasteiger charge is -2.05. The fraction of sp³-hybridized carbons (Fsp3) is 0.417. The summed E-state index contributed by atoms with van der Waals surface area (Å²) in [6, 6.07) is 8.03. The summed E-state index contributed by atoms with van der Waals surface area (Å²) in [4.78, 5) is 11.0. The summed E-state index contributed by atoms with van der Waals surface area (Å²) in [6.07, 6.45) is 0.530. The van der Waals surface area contributed by atoms with Crippen molar-refractivity contribution >= 4 is 5.91 Å². The van der Waals surface area contributed by atoms with Crippen molar-refractivity contribution in [3.63, 3.8) is 0 Å². The van der Waals surface area contributed by atoms with Gasteiger partial charge in [-0.1, -0.05) is 31.2 Å². The second kappa shape index (κ2) is 6.19. The van der Waals surface area contributed by atoms with E-state index in [-0.39, 0.29) is 5.91 Å². The molecule has 0 saturated heterocycles. The van der Waals surface area contributed by atoms with Gasteiger partial charge in [-0.3, -0.25) is 4.79 Å². The van der Waals surface area contributed by atoms with Gasteiger partial charge in [0.2, 0.25) is 5.91 Å². The fourth-order valence-corrected chi connectivity index (χ4v) is 1.25. The first-order valence-electron chi connectivity index (χ1n) is 5.09. The van der Waals surface area contributed by atoms with Gasteiger partial charge < -0.3 is 10.1 Å². The summed E-state index contributed by atoms with van der Waals surface area (Å²) >= 11 is 0. The van der Waals surface area contributed by atoms with Crippen LogP contribution in [0.15, 0.2) is 24.3 Å². The summed E-state index contributed by atoms with van der Waals surface area (Å²) in [6.45, 7) is 3.07. The fourth-order valence-electron chi connectivity index (χ4n) is 1.25. The molecule has 0 aliphatic carbocycles. The Bertz CT molecular complexity index is 306. The largest absolute Gasteiger partial charge is 0.380 e. The Hall–Kier alpha value is -1.35. The van der Waals surface area contributed by atoms with E-state index in [0.717, 1.165) is 11.1 Å². The molecule has 0 aliphatic heterocycles. The smallest absolute Gasteiger partial charge is 0.219 e. The van der Waals surface area contributed by atoms with Crippen molar-refractivity contribution in [2.24, 2.45) is 0 Å². The van der Waals surface area contributed by atoms with Gasteiger partial charge in [0.1, 0.15) is 0 Å². The van der Waals surface area contributed by atoms with E-state index >= 15 is 0 Å². The van der Waals surface area contributed by atoms with Crippen LogP contribution < -0.4 is 5.32 Å². The van der Waals surface area contributed by atoms with Crippen LogP contribution in [0.2, 0.25) is 0 Å². The Balaban J connectivity index is 2.45. The molecule has 82 valence electrons. The van der Waals surface area contributed by atoms with Crippen molar-refractivity contribution in [1.29, 1.82) is 0 Å². The van der Waals surface area contributed by atoms with Crippen LogP contribution in [0, 0.1) is 0 Å². The standard InChI is InChI=1S/C12H17NO2/c1-3-12(14)13-8-10-4-6-11(7-5-10)9-15-2/h4-7H,3,8-9H2,1-2H3,(H,13,14). The number of ether oxygens (including phenoxy) is 1. The van der Waals surface area contributed by atoms with Gasteiger partial charge in [0.05, 0.1) is 6.61 Å². The van der Waals surface area contributed by atoms with E-state index in [2.05, 4.69) is 5.32 Å². The van der Waals surface area contributed by atoms with Crippen LogP contribution in [-0.4, -0.2) is 13.0 Å². The molecule has 1 N–H and O–H groups in total. The molecule has 0 unspecified atom stereocenters. The zero-order valence-electron chi connectivity index (χ0n) is 9.25. The van der Waals surface area contributed by atoms with Gasteiger partial charge in [-0.2, -0.15) is 0 Å². The quantitative estimate of drug-likeness (QED) is 0.800. The Morgan fingerprint density at radius 2 is 1.87 bits per heavy atom. The maximum atomic E-state index is 11.0. The number of methoxy groups -OCH3 is 1. The zero-order valence-corrected chi connectivity index (χ0v) is 9.25. The number of hydrogen-bond donors (Lipinski definition) is 1. The zero-order chi connectivity index (χ0) is 11.1. The van der Waals surface area contributed by atoms with E-state index in [9.17, 15) is 4.79 Å². The highest BCUT2D eigenvalue weighted by atomic mass is 16.5. The van der Waals surface area contributed by atoms with Crippen molar-refractivity contribution in [2.45, 2.75) is 26.5 Å². The van der Waals surface area contributed by atoms with Crippen molar-refractivity contribution in [2.75, 3.05) is 7.11 Å². The van der Waals surface area contributed by atoms with Crippen LogP contribution >= 0.6 is 0 Å². The lowest BCUT2D eigenvalue weighted by atomic mass is 10.1. The van der Waals surface area contributed by atoms with Gasteiger partial charge in [0, 0.05) is 20.1 Å². The molecule has 0 spiro atoms. The molecule has 0 radical (unpaired) electrons. The van der Waals surface area contributed by atoms with E-state index in [1.54, 1.807) is 7.11 Å². The lowest BCUT2D eigenvalue weighted by molar-refractivity contribution is -0.120. The van der Waals surface area contributed by atoms with Crippen LogP contribution in [0.25, 0.3) is 0 Å². The molecule has 3 heteroatoms. The van der Waals surface area contributed by atoms with Gasteiger partial charge in [-0.25, -0.2) is 0 Å². The Morgan fingerprint density at radius 3 is 2.40 bits per heavy atom. The number of amides is 1. The molecule has 1 aromatic rings. The monoisotopic (exact) mass is 207 g/mol.